The van der Waals surface area contributed by atoms with E-state index in [0.29, 0.717) is 11.5 Å². The molecule has 3 N–H and O–H groups in total. The summed E-state index contributed by atoms with van der Waals surface area (Å²) in [6.45, 7) is 5.03. The molecular formula is C10H16N4O6S2. The SMILES string of the molecule is CC(C)(C)OC(=O)Nc1nc([C@@H](NS(C)(=O)=O)C(=O)O)ns1. The number of hydrogen-bond donors (Lipinski definition) is 3. The lowest BCUT2D eigenvalue weighted by Crippen LogP contribution is -2.33. The molecule has 0 aliphatic rings. The Morgan fingerprint density at radius 1 is 1.36 bits per heavy atom. The fourth-order valence-electron chi connectivity index (χ4n) is 1.22. The van der Waals surface area contributed by atoms with Crippen LogP contribution in [0.3, 0.4) is 0 Å². The quantitative estimate of drug-likeness (QED) is 0.696. The molecule has 0 aliphatic heterocycles. The Labute approximate surface area is 131 Å². The summed E-state index contributed by atoms with van der Waals surface area (Å²) in [4.78, 5) is 26.4. The van der Waals surface area contributed by atoms with Crippen molar-refractivity contribution in [3.05, 3.63) is 5.82 Å². The van der Waals surface area contributed by atoms with Gasteiger partial charge in [0.1, 0.15) is 5.60 Å². The van der Waals surface area contributed by atoms with Crippen molar-refractivity contribution in [2.24, 2.45) is 0 Å². The average molecular weight is 352 g/mol. The third kappa shape index (κ3) is 6.32. The van der Waals surface area contributed by atoms with E-state index < -0.39 is 33.7 Å². The van der Waals surface area contributed by atoms with Crippen LogP contribution in [0.1, 0.15) is 32.6 Å². The Hall–Kier alpha value is -1.79. The molecular weight excluding hydrogens is 336 g/mol. The number of amides is 1. The molecule has 10 nitrogen and oxygen atoms in total. The highest BCUT2D eigenvalue weighted by Gasteiger charge is 2.28. The zero-order valence-corrected chi connectivity index (χ0v) is 13.9. The molecule has 0 bridgehead atoms. The summed E-state index contributed by atoms with van der Waals surface area (Å²) in [5, 5.41) is 11.3. The van der Waals surface area contributed by atoms with Crippen LogP contribution in [0.2, 0.25) is 0 Å². The molecule has 0 unspecified atom stereocenters. The van der Waals surface area contributed by atoms with Gasteiger partial charge in [-0.25, -0.2) is 23.0 Å². The normalized spacial score (nSPS) is 13.5. The molecule has 1 aromatic rings. The zero-order chi connectivity index (χ0) is 17.1. The topological polar surface area (TPSA) is 148 Å². The molecule has 0 radical (unpaired) electrons. The number of anilines is 1. The molecule has 1 heterocycles. The fourth-order valence-corrected chi connectivity index (χ4v) is 2.45. The van der Waals surface area contributed by atoms with Crippen molar-refractivity contribution in [3.63, 3.8) is 0 Å². The van der Waals surface area contributed by atoms with Crippen molar-refractivity contribution in [3.8, 4) is 0 Å². The number of carboxylic acid groups (broad SMARTS) is 1. The molecule has 1 aromatic heterocycles. The number of carbonyl (C=O) groups is 2. The van der Waals surface area contributed by atoms with Crippen molar-refractivity contribution in [2.45, 2.75) is 32.4 Å². The summed E-state index contributed by atoms with van der Waals surface area (Å²) in [6, 6.07) is -1.64. The predicted octanol–water partition coefficient (Wildman–Crippen LogP) is 0.560. The van der Waals surface area contributed by atoms with E-state index >= 15 is 0 Å². The fraction of sp³-hybridized carbons (Fsp3) is 0.600. The Morgan fingerprint density at radius 3 is 2.41 bits per heavy atom. The van der Waals surface area contributed by atoms with E-state index in [4.69, 9.17) is 9.84 Å². The van der Waals surface area contributed by atoms with E-state index in [0.717, 1.165) is 6.26 Å². The van der Waals surface area contributed by atoms with Gasteiger partial charge < -0.3 is 9.84 Å². The monoisotopic (exact) mass is 352 g/mol. The Kier molecular flexibility index (Phi) is 5.43. The minimum Gasteiger partial charge on any atom is -0.480 e. The first kappa shape index (κ1) is 18.3. The van der Waals surface area contributed by atoms with Gasteiger partial charge in [0.2, 0.25) is 15.2 Å². The summed E-state index contributed by atoms with van der Waals surface area (Å²) in [6.07, 6.45) is 0.0352. The highest BCUT2D eigenvalue weighted by molar-refractivity contribution is 7.88. The first-order valence-electron chi connectivity index (χ1n) is 5.91. The summed E-state index contributed by atoms with van der Waals surface area (Å²) in [5.74, 6) is -1.75. The highest BCUT2D eigenvalue weighted by Crippen LogP contribution is 2.18. The number of hydrogen-bond acceptors (Lipinski definition) is 8. The number of nitrogens with zero attached hydrogens (tertiary/aromatic N) is 2. The van der Waals surface area contributed by atoms with Crippen LogP contribution in [0, 0.1) is 0 Å². The van der Waals surface area contributed by atoms with E-state index in [1.165, 1.54) is 0 Å². The number of aromatic nitrogens is 2. The van der Waals surface area contributed by atoms with Crippen molar-refractivity contribution in [1.82, 2.24) is 14.1 Å². The molecule has 0 aromatic carbocycles. The smallest absolute Gasteiger partial charge is 0.414 e. The lowest BCUT2D eigenvalue weighted by atomic mass is 10.2. The van der Waals surface area contributed by atoms with Gasteiger partial charge in [-0.15, -0.1) is 0 Å². The summed E-state index contributed by atoms with van der Waals surface area (Å²) >= 11 is 0.704. The van der Waals surface area contributed by atoms with Gasteiger partial charge in [-0.1, -0.05) is 0 Å². The van der Waals surface area contributed by atoms with Gasteiger partial charge >= 0.3 is 12.1 Å². The van der Waals surface area contributed by atoms with Gasteiger partial charge in [0.25, 0.3) is 0 Å². The van der Waals surface area contributed by atoms with Crippen LogP contribution in [0.25, 0.3) is 0 Å². The minimum absolute atomic E-state index is 0.00852. The molecule has 0 spiro atoms. The van der Waals surface area contributed by atoms with E-state index in [1.807, 2.05) is 4.72 Å². The van der Waals surface area contributed by atoms with E-state index in [-0.39, 0.29) is 11.0 Å². The van der Waals surface area contributed by atoms with E-state index in [2.05, 4.69) is 14.7 Å². The van der Waals surface area contributed by atoms with Crippen LogP contribution in [0.5, 0.6) is 0 Å². The molecule has 12 heteroatoms. The number of aliphatic carboxylic acids is 1. The maximum absolute atomic E-state index is 11.5. The summed E-state index contributed by atoms with van der Waals surface area (Å²) in [7, 11) is -3.77. The van der Waals surface area contributed by atoms with Gasteiger partial charge in [-0.3, -0.25) is 5.32 Å². The van der Waals surface area contributed by atoms with Crippen LogP contribution >= 0.6 is 11.5 Å². The molecule has 1 rings (SSSR count). The Bertz CT molecular complexity index is 663. The van der Waals surface area contributed by atoms with Crippen LogP contribution in [0.4, 0.5) is 9.93 Å². The molecule has 1 amide bonds. The standard InChI is InChI=1S/C10H16N4O6S2/c1-10(2,3)20-9(17)12-8-11-6(13-21-8)5(7(15)16)14-22(4,18)19/h5,14H,1-4H3,(H,15,16)(H,11,12,13,17)/t5-/m1/s1. The maximum atomic E-state index is 11.5. The van der Waals surface area contributed by atoms with Crippen molar-refractivity contribution in [1.29, 1.82) is 0 Å². The maximum Gasteiger partial charge on any atom is 0.414 e. The van der Waals surface area contributed by atoms with Crippen molar-refractivity contribution in [2.75, 3.05) is 11.6 Å². The van der Waals surface area contributed by atoms with Crippen LogP contribution in [-0.4, -0.2) is 46.8 Å². The number of carboxylic acids is 1. The van der Waals surface area contributed by atoms with Crippen molar-refractivity contribution < 1.29 is 27.9 Å². The van der Waals surface area contributed by atoms with Crippen molar-refractivity contribution >= 4 is 38.7 Å². The van der Waals surface area contributed by atoms with Gasteiger partial charge in [-0.2, -0.15) is 9.10 Å². The largest absolute Gasteiger partial charge is 0.480 e. The minimum atomic E-state index is -3.77. The first-order valence-corrected chi connectivity index (χ1v) is 8.57. The second-order valence-electron chi connectivity index (χ2n) is 5.25. The zero-order valence-electron chi connectivity index (χ0n) is 12.3. The number of carbonyl (C=O) groups excluding carboxylic acids is 1. The Balaban J connectivity index is 2.85. The van der Waals surface area contributed by atoms with Crippen LogP contribution in [0.15, 0.2) is 0 Å². The number of ether oxygens (including phenoxy) is 1. The second-order valence-corrected chi connectivity index (χ2v) is 7.78. The average Bonchev–Trinajstić information content (AvgIpc) is 2.69. The molecule has 0 aliphatic carbocycles. The molecule has 0 saturated heterocycles. The highest BCUT2D eigenvalue weighted by atomic mass is 32.2. The van der Waals surface area contributed by atoms with Gasteiger partial charge in [0.05, 0.1) is 6.26 Å². The third-order valence-electron chi connectivity index (χ3n) is 1.89. The van der Waals surface area contributed by atoms with Crippen LogP contribution < -0.4 is 10.0 Å². The molecule has 1 atom stereocenters. The van der Waals surface area contributed by atoms with Gasteiger partial charge in [0, 0.05) is 11.5 Å². The number of rotatable bonds is 5. The predicted molar refractivity (Wildman–Crippen MR) is 78.1 cm³/mol. The number of nitrogens with one attached hydrogen (secondary N) is 2. The third-order valence-corrected chi connectivity index (χ3v) is 3.20. The molecule has 0 fully saturated rings. The van der Waals surface area contributed by atoms with Gasteiger partial charge in [0.15, 0.2) is 11.9 Å². The first-order chi connectivity index (χ1) is 9.87. The molecule has 124 valence electrons. The lowest BCUT2D eigenvalue weighted by molar-refractivity contribution is -0.139. The lowest BCUT2D eigenvalue weighted by Gasteiger charge is -2.18. The summed E-state index contributed by atoms with van der Waals surface area (Å²) in [5.41, 5.74) is -0.709. The second kappa shape index (κ2) is 6.54. The number of sulfonamides is 1. The van der Waals surface area contributed by atoms with Gasteiger partial charge in [-0.05, 0) is 20.8 Å². The van der Waals surface area contributed by atoms with E-state index in [9.17, 15) is 18.0 Å². The Morgan fingerprint density at radius 2 is 1.95 bits per heavy atom. The molecule has 0 saturated carbocycles. The van der Waals surface area contributed by atoms with E-state index in [1.54, 1.807) is 20.8 Å². The van der Waals surface area contributed by atoms with Crippen LogP contribution in [-0.2, 0) is 19.6 Å². The summed E-state index contributed by atoms with van der Waals surface area (Å²) < 4.78 is 32.9. The molecule has 22 heavy (non-hydrogen) atoms.